The van der Waals surface area contributed by atoms with E-state index in [9.17, 15) is 26.4 Å². The maximum absolute atomic E-state index is 12.7. The molecule has 0 aliphatic carbocycles. The molecule has 0 saturated carbocycles. The second-order valence-electron chi connectivity index (χ2n) is 5.12. The summed E-state index contributed by atoms with van der Waals surface area (Å²) in [5.41, 5.74) is -1.62. The van der Waals surface area contributed by atoms with Crippen LogP contribution in [0.15, 0.2) is 49.3 Å². The van der Waals surface area contributed by atoms with E-state index in [1.807, 2.05) is 0 Å². The lowest BCUT2D eigenvalue weighted by atomic mass is 10.1. The number of carboxylic acid groups (broad SMARTS) is 1. The summed E-state index contributed by atoms with van der Waals surface area (Å²) >= 11 is 0. The largest absolute Gasteiger partial charge is 0.478 e. The van der Waals surface area contributed by atoms with Crippen molar-refractivity contribution in [2.24, 2.45) is 0 Å². The quantitative estimate of drug-likeness (QED) is 0.488. The number of hydrogen-bond donors (Lipinski definition) is 1. The van der Waals surface area contributed by atoms with Crippen LogP contribution < -0.4 is 5.43 Å². The molecule has 26 heavy (non-hydrogen) atoms. The van der Waals surface area contributed by atoms with Crippen LogP contribution in [-0.4, -0.2) is 27.9 Å². The molecule has 0 unspecified atom stereocenters. The summed E-state index contributed by atoms with van der Waals surface area (Å²) < 4.78 is 52.2. The number of hydrogen-bond acceptors (Lipinski definition) is 7. The van der Waals surface area contributed by atoms with Gasteiger partial charge in [0.2, 0.25) is 5.43 Å². The van der Waals surface area contributed by atoms with Crippen molar-refractivity contribution in [3.05, 3.63) is 46.1 Å². The molecule has 0 saturated heterocycles. The fourth-order valence-corrected chi connectivity index (χ4v) is 4.20. The van der Waals surface area contributed by atoms with Gasteiger partial charge in [0.15, 0.2) is 5.58 Å². The van der Waals surface area contributed by atoms with E-state index in [1.54, 1.807) is 0 Å². The highest BCUT2D eigenvalue weighted by molar-refractivity contribution is 8.14. The van der Waals surface area contributed by atoms with E-state index in [0.29, 0.717) is 6.07 Å². The highest BCUT2D eigenvalue weighted by Crippen LogP contribution is 2.31. The fraction of sp³-hybridized carbons (Fsp3) is 0. The molecule has 0 spiro atoms. The van der Waals surface area contributed by atoms with Gasteiger partial charge in [-0.3, -0.25) is 4.79 Å². The predicted octanol–water partition coefficient (Wildman–Crippen LogP) is 2.50. The van der Waals surface area contributed by atoms with Gasteiger partial charge in [-0.15, -0.1) is 0 Å². The van der Waals surface area contributed by atoms with Gasteiger partial charge in [-0.1, -0.05) is 0 Å². The minimum atomic E-state index is -4.50. The zero-order valence-electron chi connectivity index (χ0n) is 12.3. The molecule has 0 aliphatic heterocycles. The number of fused-ring (bicyclic) bond motifs is 2. The van der Waals surface area contributed by atoms with E-state index in [2.05, 4.69) is 0 Å². The van der Waals surface area contributed by atoms with E-state index < -0.39 is 50.3 Å². The van der Waals surface area contributed by atoms with Gasteiger partial charge in [-0.25, -0.2) is 21.6 Å². The molecule has 0 atom stereocenters. The summed E-state index contributed by atoms with van der Waals surface area (Å²) in [6.07, 6.45) is 0. The van der Waals surface area contributed by atoms with Gasteiger partial charge < -0.3 is 9.52 Å². The minimum absolute atomic E-state index is 0.101. The van der Waals surface area contributed by atoms with Gasteiger partial charge in [-0.05, 0) is 30.3 Å². The molecule has 1 N–H and O–H groups in total. The first-order valence-electron chi connectivity index (χ1n) is 6.57. The smallest absolute Gasteiger partial charge is 0.335 e. The van der Waals surface area contributed by atoms with Gasteiger partial charge in [-0.2, -0.15) is 0 Å². The Balaban J connectivity index is 2.60. The maximum atomic E-state index is 12.7. The van der Waals surface area contributed by atoms with Gasteiger partial charge in [0.1, 0.15) is 10.5 Å². The summed E-state index contributed by atoms with van der Waals surface area (Å²) in [6, 6.07) is 4.87. The summed E-state index contributed by atoms with van der Waals surface area (Å²) in [4.78, 5) is 22.3. The Hall–Kier alpha value is -2.14. The van der Waals surface area contributed by atoms with Crippen LogP contribution in [0.5, 0.6) is 0 Å². The summed E-state index contributed by atoms with van der Waals surface area (Å²) in [5.74, 6) is -1.30. The Kier molecular flexibility index (Phi) is 4.26. The molecule has 3 rings (SSSR count). The van der Waals surface area contributed by atoms with Crippen molar-refractivity contribution in [3.63, 3.8) is 0 Å². The van der Waals surface area contributed by atoms with Gasteiger partial charge >= 0.3 is 5.97 Å². The molecule has 8 nitrogen and oxygen atoms in total. The average molecular weight is 437 g/mol. The standard InChI is InChI=1S/C14H6Cl2O8S2/c15-25(20,21)7-4-9-12(17)8-3-6(14(18)19)1-2-10(8)24-13(9)11(5-7)26(16,22)23/h1-5H,(H,18,19). The summed E-state index contributed by atoms with van der Waals surface area (Å²) in [7, 11) is 1.68. The number of benzene rings is 2. The number of halogens is 2. The normalized spacial score (nSPS) is 12.5. The first-order valence-corrected chi connectivity index (χ1v) is 11.2. The number of aromatic carboxylic acids is 1. The highest BCUT2D eigenvalue weighted by atomic mass is 35.7. The maximum Gasteiger partial charge on any atom is 0.335 e. The Labute approximate surface area is 154 Å². The molecule has 0 radical (unpaired) electrons. The molecular formula is C14H6Cl2O8S2. The average Bonchev–Trinajstić information content (AvgIpc) is 2.52. The summed E-state index contributed by atoms with van der Waals surface area (Å²) in [5, 5.41) is 8.41. The Bertz CT molecular complexity index is 1370. The molecule has 12 heteroatoms. The lowest BCUT2D eigenvalue weighted by Crippen LogP contribution is -2.08. The molecule has 0 aliphatic rings. The molecule has 0 bridgehead atoms. The molecular weight excluding hydrogens is 431 g/mol. The molecule has 136 valence electrons. The molecule has 0 amide bonds. The minimum Gasteiger partial charge on any atom is -0.478 e. The molecule has 0 fully saturated rings. The molecule has 3 aromatic rings. The zero-order valence-corrected chi connectivity index (χ0v) is 15.4. The second kappa shape index (κ2) is 5.95. The summed E-state index contributed by atoms with van der Waals surface area (Å²) in [6.45, 7) is 0. The third-order valence-corrected chi connectivity index (χ3v) is 6.16. The number of rotatable bonds is 3. The van der Waals surface area contributed by atoms with Crippen molar-refractivity contribution in [3.8, 4) is 0 Å². The Morgan fingerprint density at radius 2 is 1.62 bits per heavy atom. The molecule has 2 aromatic carbocycles. The van der Waals surface area contributed by atoms with Crippen molar-refractivity contribution in [1.29, 1.82) is 0 Å². The van der Waals surface area contributed by atoms with Crippen molar-refractivity contribution >= 4 is 67.4 Å². The van der Waals surface area contributed by atoms with Crippen LogP contribution in [0.4, 0.5) is 0 Å². The van der Waals surface area contributed by atoms with Crippen molar-refractivity contribution in [2.75, 3.05) is 0 Å². The SMILES string of the molecule is O=C(O)c1ccc2oc3c(S(=O)(=O)Cl)cc(S(=O)(=O)Cl)cc3c(=O)c2c1. The van der Waals surface area contributed by atoms with E-state index in [-0.39, 0.29) is 16.5 Å². The van der Waals surface area contributed by atoms with Crippen LogP contribution in [0.25, 0.3) is 21.9 Å². The van der Waals surface area contributed by atoms with Crippen LogP contribution in [0.3, 0.4) is 0 Å². The predicted molar refractivity (Wildman–Crippen MR) is 93.0 cm³/mol. The molecule has 1 heterocycles. The third-order valence-electron chi connectivity index (χ3n) is 3.50. The first-order chi connectivity index (χ1) is 11.9. The third kappa shape index (κ3) is 3.16. The Morgan fingerprint density at radius 3 is 2.15 bits per heavy atom. The number of carboxylic acids is 1. The number of carbonyl (C=O) groups is 1. The first kappa shape index (κ1) is 18.6. The monoisotopic (exact) mass is 436 g/mol. The van der Waals surface area contributed by atoms with E-state index >= 15 is 0 Å². The highest BCUT2D eigenvalue weighted by Gasteiger charge is 2.24. The lowest BCUT2D eigenvalue weighted by molar-refractivity contribution is 0.0697. The fourth-order valence-electron chi connectivity index (χ4n) is 2.36. The van der Waals surface area contributed by atoms with Gasteiger partial charge in [0, 0.05) is 21.4 Å². The van der Waals surface area contributed by atoms with Crippen LogP contribution in [0, 0.1) is 0 Å². The molecule has 1 aromatic heterocycles. The topological polar surface area (TPSA) is 136 Å². The lowest BCUT2D eigenvalue weighted by Gasteiger charge is -2.07. The Morgan fingerprint density at radius 1 is 0.962 bits per heavy atom. The van der Waals surface area contributed by atoms with Crippen molar-refractivity contribution < 1.29 is 31.2 Å². The van der Waals surface area contributed by atoms with Gasteiger partial charge in [0.05, 0.1) is 21.2 Å². The van der Waals surface area contributed by atoms with E-state index in [4.69, 9.17) is 30.9 Å². The van der Waals surface area contributed by atoms with Crippen molar-refractivity contribution in [2.45, 2.75) is 9.79 Å². The van der Waals surface area contributed by atoms with Crippen molar-refractivity contribution in [1.82, 2.24) is 0 Å². The van der Waals surface area contributed by atoms with Gasteiger partial charge in [0.25, 0.3) is 18.1 Å². The van der Waals surface area contributed by atoms with Crippen LogP contribution in [0.2, 0.25) is 0 Å². The van der Waals surface area contributed by atoms with Crippen LogP contribution in [0.1, 0.15) is 10.4 Å². The second-order valence-corrected chi connectivity index (χ2v) is 10.2. The van der Waals surface area contributed by atoms with Crippen LogP contribution in [-0.2, 0) is 18.1 Å². The van der Waals surface area contributed by atoms with E-state index in [0.717, 1.165) is 18.2 Å². The van der Waals surface area contributed by atoms with E-state index in [1.165, 1.54) is 6.07 Å². The van der Waals surface area contributed by atoms with Crippen LogP contribution >= 0.6 is 21.4 Å². The zero-order chi connectivity index (χ0) is 19.4.